The van der Waals surface area contributed by atoms with Crippen LogP contribution in [-0.2, 0) is 6.61 Å². The number of pyridine rings is 1. The van der Waals surface area contributed by atoms with E-state index < -0.39 is 0 Å². The first-order valence-electron chi connectivity index (χ1n) is 7.06. The van der Waals surface area contributed by atoms with Crippen molar-refractivity contribution in [1.82, 2.24) is 4.98 Å². The van der Waals surface area contributed by atoms with E-state index in [9.17, 15) is 9.90 Å². The van der Waals surface area contributed by atoms with Crippen molar-refractivity contribution in [3.05, 3.63) is 53.5 Å². The van der Waals surface area contributed by atoms with E-state index in [1.807, 2.05) is 0 Å². The summed E-state index contributed by atoms with van der Waals surface area (Å²) in [6.45, 7) is 1.55. The minimum absolute atomic E-state index is 0.183. The molecule has 6 heteroatoms. The number of aromatic nitrogens is 1. The Morgan fingerprint density at radius 2 is 2.22 bits per heavy atom. The van der Waals surface area contributed by atoms with Crippen LogP contribution < -0.4 is 10.1 Å². The second-order valence-corrected chi connectivity index (χ2v) is 5.04. The van der Waals surface area contributed by atoms with Gasteiger partial charge in [-0.25, -0.2) is 0 Å². The molecule has 0 spiro atoms. The standard InChI is InChI=1S/C17H16N2O4/c1-10-16(13-7-12(22-2)3-4-15(13)23-10)17(21)19-14-8-18-6-5-11(14)9-20/h3-8,20H,9H2,1-2H3,(H,19,21). The molecule has 2 N–H and O–H groups in total. The van der Waals surface area contributed by atoms with Crippen LogP contribution >= 0.6 is 0 Å². The lowest BCUT2D eigenvalue weighted by Crippen LogP contribution is -2.14. The lowest BCUT2D eigenvalue weighted by molar-refractivity contribution is 0.102. The van der Waals surface area contributed by atoms with Gasteiger partial charge < -0.3 is 19.6 Å². The number of carbonyl (C=O) groups is 1. The van der Waals surface area contributed by atoms with E-state index in [0.717, 1.165) is 0 Å². The van der Waals surface area contributed by atoms with Gasteiger partial charge >= 0.3 is 0 Å². The number of hydrogen-bond acceptors (Lipinski definition) is 5. The molecule has 0 bridgehead atoms. The summed E-state index contributed by atoms with van der Waals surface area (Å²) in [6, 6.07) is 6.95. The molecule has 1 amide bonds. The molecule has 0 saturated carbocycles. The van der Waals surface area contributed by atoms with Crippen molar-refractivity contribution >= 4 is 22.6 Å². The number of aryl methyl sites for hydroxylation is 1. The summed E-state index contributed by atoms with van der Waals surface area (Å²) >= 11 is 0. The number of rotatable bonds is 4. The average Bonchev–Trinajstić information content (AvgIpc) is 2.90. The number of furan rings is 1. The molecule has 0 saturated heterocycles. The average molecular weight is 312 g/mol. The Balaban J connectivity index is 2.02. The Morgan fingerprint density at radius 1 is 1.39 bits per heavy atom. The first kappa shape index (κ1) is 15.1. The number of ether oxygens (including phenoxy) is 1. The van der Waals surface area contributed by atoms with Gasteiger partial charge in [-0.15, -0.1) is 0 Å². The quantitative estimate of drug-likeness (QED) is 0.774. The van der Waals surface area contributed by atoms with Crippen LogP contribution in [0.3, 0.4) is 0 Å². The zero-order valence-electron chi connectivity index (χ0n) is 12.8. The van der Waals surface area contributed by atoms with Crippen LogP contribution in [0, 0.1) is 6.92 Å². The van der Waals surface area contributed by atoms with Gasteiger partial charge in [-0.2, -0.15) is 0 Å². The molecule has 2 aromatic heterocycles. The summed E-state index contributed by atoms with van der Waals surface area (Å²) in [7, 11) is 1.57. The van der Waals surface area contributed by atoms with E-state index in [2.05, 4.69) is 10.3 Å². The lowest BCUT2D eigenvalue weighted by atomic mass is 10.1. The van der Waals surface area contributed by atoms with Gasteiger partial charge in [-0.1, -0.05) is 0 Å². The fraction of sp³-hybridized carbons (Fsp3) is 0.176. The van der Waals surface area contributed by atoms with Gasteiger partial charge in [0.1, 0.15) is 17.1 Å². The van der Waals surface area contributed by atoms with Crippen LogP contribution in [0.4, 0.5) is 5.69 Å². The third-order valence-electron chi connectivity index (χ3n) is 3.63. The minimum Gasteiger partial charge on any atom is -0.497 e. The van der Waals surface area contributed by atoms with Crippen LogP contribution in [0.25, 0.3) is 11.0 Å². The lowest BCUT2D eigenvalue weighted by Gasteiger charge is -2.08. The number of nitrogens with zero attached hydrogens (tertiary/aromatic N) is 1. The van der Waals surface area contributed by atoms with Crippen molar-refractivity contribution in [1.29, 1.82) is 0 Å². The second-order valence-electron chi connectivity index (χ2n) is 5.04. The molecule has 23 heavy (non-hydrogen) atoms. The van der Waals surface area contributed by atoms with Crippen molar-refractivity contribution in [2.75, 3.05) is 12.4 Å². The van der Waals surface area contributed by atoms with Gasteiger partial charge in [0.25, 0.3) is 5.91 Å². The predicted molar refractivity (Wildman–Crippen MR) is 85.6 cm³/mol. The molecule has 0 aliphatic carbocycles. The summed E-state index contributed by atoms with van der Waals surface area (Å²) in [5.74, 6) is 0.835. The van der Waals surface area contributed by atoms with Gasteiger partial charge in [0, 0.05) is 17.1 Å². The molecule has 6 nitrogen and oxygen atoms in total. The Labute approximate surface area is 132 Å². The van der Waals surface area contributed by atoms with Crippen LogP contribution in [0.15, 0.2) is 41.1 Å². The summed E-state index contributed by atoms with van der Waals surface area (Å²) in [5.41, 5.74) is 2.11. The molecule has 0 unspecified atom stereocenters. The Morgan fingerprint density at radius 3 is 2.96 bits per heavy atom. The monoisotopic (exact) mass is 312 g/mol. The Bertz CT molecular complexity index is 870. The number of nitrogens with one attached hydrogen (secondary N) is 1. The number of methoxy groups -OCH3 is 1. The van der Waals surface area contributed by atoms with Gasteiger partial charge in [0.2, 0.25) is 0 Å². The predicted octanol–water partition coefficient (Wildman–Crippen LogP) is 2.89. The molecule has 3 rings (SSSR count). The molecule has 0 aliphatic rings. The van der Waals surface area contributed by atoms with Crippen LogP contribution in [0.1, 0.15) is 21.7 Å². The van der Waals surface area contributed by atoms with Crippen molar-refractivity contribution in [2.24, 2.45) is 0 Å². The van der Waals surface area contributed by atoms with E-state index in [-0.39, 0.29) is 12.5 Å². The maximum atomic E-state index is 12.7. The number of anilines is 1. The highest BCUT2D eigenvalue weighted by atomic mass is 16.5. The van der Waals surface area contributed by atoms with E-state index in [1.54, 1.807) is 44.5 Å². The normalized spacial score (nSPS) is 10.7. The fourth-order valence-electron chi connectivity index (χ4n) is 2.47. The number of aliphatic hydroxyl groups is 1. The van der Waals surface area contributed by atoms with Crippen molar-refractivity contribution in [3.8, 4) is 5.75 Å². The van der Waals surface area contributed by atoms with Gasteiger partial charge in [-0.05, 0) is 31.2 Å². The third kappa shape index (κ3) is 2.76. The summed E-state index contributed by atoms with van der Waals surface area (Å²) in [6.07, 6.45) is 3.06. The zero-order chi connectivity index (χ0) is 16.4. The molecule has 1 aromatic carbocycles. The number of amides is 1. The highest BCUT2D eigenvalue weighted by molar-refractivity contribution is 6.13. The van der Waals surface area contributed by atoms with Gasteiger partial charge in [-0.3, -0.25) is 9.78 Å². The number of hydrogen-bond donors (Lipinski definition) is 2. The van der Waals surface area contributed by atoms with E-state index in [0.29, 0.717) is 39.3 Å². The molecular weight excluding hydrogens is 296 g/mol. The van der Waals surface area contributed by atoms with Crippen molar-refractivity contribution in [3.63, 3.8) is 0 Å². The van der Waals surface area contributed by atoms with Crippen molar-refractivity contribution < 1.29 is 19.1 Å². The minimum atomic E-state index is -0.322. The second kappa shape index (κ2) is 6.10. The largest absolute Gasteiger partial charge is 0.497 e. The van der Waals surface area contributed by atoms with E-state index in [4.69, 9.17) is 9.15 Å². The molecule has 3 aromatic rings. The molecule has 118 valence electrons. The highest BCUT2D eigenvalue weighted by Crippen LogP contribution is 2.29. The number of benzene rings is 1. The van der Waals surface area contributed by atoms with Crippen LogP contribution in [0.5, 0.6) is 5.75 Å². The summed E-state index contributed by atoms with van der Waals surface area (Å²) in [5, 5.41) is 12.8. The van der Waals surface area contributed by atoms with Crippen molar-refractivity contribution in [2.45, 2.75) is 13.5 Å². The number of carbonyl (C=O) groups excluding carboxylic acids is 1. The fourth-order valence-corrected chi connectivity index (χ4v) is 2.47. The molecule has 0 atom stereocenters. The van der Waals surface area contributed by atoms with Crippen LogP contribution in [-0.4, -0.2) is 23.1 Å². The van der Waals surface area contributed by atoms with E-state index in [1.165, 1.54) is 6.20 Å². The SMILES string of the molecule is COc1ccc2oc(C)c(C(=O)Nc3cnccc3CO)c2c1. The molecule has 0 radical (unpaired) electrons. The summed E-state index contributed by atoms with van der Waals surface area (Å²) < 4.78 is 10.8. The molecule has 0 aliphatic heterocycles. The summed E-state index contributed by atoms with van der Waals surface area (Å²) in [4.78, 5) is 16.6. The topological polar surface area (TPSA) is 84.6 Å². The van der Waals surface area contributed by atoms with Gasteiger partial charge in [0.15, 0.2) is 0 Å². The number of aliphatic hydroxyl groups excluding tert-OH is 1. The smallest absolute Gasteiger partial charge is 0.259 e. The first-order valence-corrected chi connectivity index (χ1v) is 7.06. The number of fused-ring (bicyclic) bond motifs is 1. The van der Waals surface area contributed by atoms with E-state index >= 15 is 0 Å². The molecule has 2 heterocycles. The Kier molecular flexibility index (Phi) is 3.99. The Hall–Kier alpha value is -2.86. The maximum absolute atomic E-state index is 12.7. The highest BCUT2D eigenvalue weighted by Gasteiger charge is 2.19. The zero-order valence-corrected chi connectivity index (χ0v) is 12.8. The first-order chi connectivity index (χ1) is 11.1. The van der Waals surface area contributed by atoms with Crippen LogP contribution in [0.2, 0.25) is 0 Å². The molecule has 0 fully saturated rings. The third-order valence-corrected chi connectivity index (χ3v) is 3.63. The maximum Gasteiger partial charge on any atom is 0.259 e. The van der Waals surface area contributed by atoms with Gasteiger partial charge in [0.05, 0.1) is 31.2 Å². The molecular formula is C17H16N2O4.